The summed E-state index contributed by atoms with van der Waals surface area (Å²) >= 11 is 2.76. The van der Waals surface area contributed by atoms with E-state index in [9.17, 15) is 9.59 Å². The van der Waals surface area contributed by atoms with E-state index < -0.39 is 0 Å². The molecule has 1 N–H and O–H groups in total. The number of amides is 2. The number of carbonyl (C=O) groups is 2. The van der Waals surface area contributed by atoms with E-state index in [1.54, 1.807) is 16.4 Å². The molecule has 0 aliphatic carbocycles. The topological polar surface area (TPSA) is 75.2 Å². The fourth-order valence-electron chi connectivity index (χ4n) is 2.69. The summed E-state index contributed by atoms with van der Waals surface area (Å²) in [5.74, 6) is -0.417. The quantitative estimate of drug-likeness (QED) is 0.456. The van der Waals surface area contributed by atoms with E-state index in [0.29, 0.717) is 16.0 Å². The molecular formula is C21H16N4O2S2. The summed E-state index contributed by atoms with van der Waals surface area (Å²) in [5.41, 5.74) is 2.20. The van der Waals surface area contributed by atoms with E-state index in [1.165, 1.54) is 35.7 Å². The van der Waals surface area contributed by atoms with Crippen molar-refractivity contribution in [2.24, 2.45) is 0 Å². The van der Waals surface area contributed by atoms with E-state index >= 15 is 0 Å². The number of hydrogen-bond donors (Lipinski definition) is 1. The third kappa shape index (κ3) is 4.39. The first-order valence-corrected chi connectivity index (χ1v) is 10.5. The number of benzene rings is 2. The number of fused-ring (bicyclic) bond motifs is 1. The number of nitrogens with zero attached hydrogens (tertiary/aromatic N) is 3. The number of carbonyl (C=O) groups excluding carboxylic acids is 2. The van der Waals surface area contributed by atoms with Crippen molar-refractivity contribution >= 4 is 66.7 Å². The zero-order chi connectivity index (χ0) is 20.2. The van der Waals surface area contributed by atoms with Gasteiger partial charge >= 0.3 is 0 Å². The Morgan fingerprint density at radius 3 is 2.55 bits per heavy atom. The molecule has 0 saturated heterocycles. The SMILES string of the molecule is CC(=O)N(c1ccccc1)c1nc(/C=C/C(=O)Nc2nc3ccccc3s2)cs1. The van der Waals surface area contributed by atoms with Gasteiger partial charge in [0.2, 0.25) is 11.8 Å². The third-order valence-electron chi connectivity index (χ3n) is 3.96. The predicted molar refractivity (Wildman–Crippen MR) is 119 cm³/mol. The van der Waals surface area contributed by atoms with Gasteiger partial charge in [-0.05, 0) is 30.3 Å². The van der Waals surface area contributed by atoms with Gasteiger partial charge in [0.1, 0.15) is 0 Å². The number of aromatic nitrogens is 2. The van der Waals surface area contributed by atoms with E-state index in [0.717, 1.165) is 15.9 Å². The standard InChI is InChI=1S/C21H16N4O2S2/c1-14(26)25(16-7-3-2-4-8-16)21-22-15(13-28-21)11-12-19(27)24-20-23-17-9-5-6-10-18(17)29-20/h2-13H,1H3,(H,23,24,27)/b12-11+. The number of anilines is 3. The van der Waals surface area contributed by atoms with Gasteiger partial charge in [-0.1, -0.05) is 41.7 Å². The molecule has 0 aliphatic heterocycles. The molecule has 8 heteroatoms. The van der Waals surface area contributed by atoms with Crippen LogP contribution in [0.25, 0.3) is 16.3 Å². The Kier molecular flexibility index (Phi) is 5.46. The van der Waals surface area contributed by atoms with Crippen LogP contribution in [-0.2, 0) is 9.59 Å². The highest BCUT2D eigenvalue weighted by molar-refractivity contribution is 7.22. The van der Waals surface area contributed by atoms with E-state index in [4.69, 9.17) is 0 Å². The summed E-state index contributed by atoms with van der Waals surface area (Å²) in [6.45, 7) is 1.50. The third-order valence-corrected chi connectivity index (χ3v) is 5.76. The molecule has 0 spiro atoms. The molecule has 6 nitrogen and oxygen atoms in total. The minimum Gasteiger partial charge on any atom is -0.298 e. The van der Waals surface area contributed by atoms with Crippen molar-refractivity contribution in [3.63, 3.8) is 0 Å². The maximum Gasteiger partial charge on any atom is 0.250 e. The Labute approximate surface area is 175 Å². The van der Waals surface area contributed by atoms with Gasteiger partial charge in [0.05, 0.1) is 21.6 Å². The van der Waals surface area contributed by atoms with Crippen LogP contribution >= 0.6 is 22.7 Å². The lowest BCUT2D eigenvalue weighted by molar-refractivity contribution is -0.116. The van der Waals surface area contributed by atoms with Gasteiger partial charge in [-0.2, -0.15) is 0 Å². The highest BCUT2D eigenvalue weighted by Crippen LogP contribution is 2.29. The zero-order valence-electron chi connectivity index (χ0n) is 15.4. The van der Waals surface area contributed by atoms with Crippen LogP contribution in [0.2, 0.25) is 0 Å². The Hall–Kier alpha value is -3.36. The first-order valence-electron chi connectivity index (χ1n) is 8.76. The minimum absolute atomic E-state index is 0.130. The predicted octanol–water partition coefficient (Wildman–Crippen LogP) is 5.09. The van der Waals surface area contributed by atoms with Crippen LogP contribution in [0, 0.1) is 0 Å². The smallest absolute Gasteiger partial charge is 0.250 e. The van der Waals surface area contributed by atoms with Crippen LogP contribution in [0.1, 0.15) is 12.6 Å². The van der Waals surface area contributed by atoms with Crippen LogP contribution < -0.4 is 10.2 Å². The van der Waals surface area contributed by atoms with Gasteiger partial charge in [0.25, 0.3) is 0 Å². The molecule has 0 atom stereocenters. The highest BCUT2D eigenvalue weighted by Gasteiger charge is 2.17. The van der Waals surface area contributed by atoms with Crippen LogP contribution in [0.3, 0.4) is 0 Å². The van der Waals surface area contributed by atoms with Crippen molar-refractivity contribution in [1.82, 2.24) is 9.97 Å². The number of thiazole rings is 2. The monoisotopic (exact) mass is 420 g/mol. The second-order valence-electron chi connectivity index (χ2n) is 6.05. The first-order chi connectivity index (χ1) is 14.1. The lowest BCUT2D eigenvalue weighted by atomic mass is 10.3. The van der Waals surface area contributed by atoms with Crippen LogP contribution in [-0.4, -0.2) is 21.8 Å². The maximum absolute atomic E-state index is 12.2. The molecule has 2 aromatic carbocycles. The summed E-state index contributed by atoms with van der Waals surface area (Å²) in [4.78, 5) is 34.7. The highest BCUT2D eigenvalue weighted by atomic mass is 32.1. The summed E-state index contributed by atoms with van der Waals surface area (Å²) < 4.78 is 1.01. The zero-order valence-corrected chi connectivity index (χ0v) is 17.0. The average molecular weight is 421 g/mol. The number of rotatable bonds is 5. The van der Waals surface area contributed by atoms with Crippen molar-refractivity contribution in [3.8, 4) is 0 Å². The molecule has 144 valence electrons. The molecule has 2 amide bonds. The van der Waals surface area contributed by atoms with E-state index in [1.807, 2.05) is 54.6 Å². The molecule has 2 aromatic heterocycles. The molecule has 2 heterocycles. The molecule has 0 fully saturated rings. The van der Waals surface area contributed by atoms with E-state index in [2.05, 4.69) is 15.3 Å². The summed E-state index contributed by atoms with van der Waals surface area (Å²) in [6.07, 6.45) is 3.03. The molecule has 4 aromatic rings. The summed E-state index contributed by atoms with van der Waals surface area (Å²) in [6, 6.07) is 17.0. The van der Waals surface area contributed by atoms with Gasteiger partial charge in [0, 0.05) is 18.4 Å². The fourth-order valence-corrected chi connectivity index (χ4v) is 4.42. The van der Waals surface area contributed by atoms with Crippen LogP contribution in [0.5, 0.6) is 0 Å². The van der Waals surface area contributed by atoms with Crippen LogP contribution in [0.4, 0.5) is 16.0 Å². The maximum atomic E-state index is 12.2. The van der Waals surface area contributed by atoms with E-state index in [-0.39, 0.29) is 11.8 Å². The summed E-state index contributed by atoms with van der Waals surface area (Å²) in [5, 5.41) is 5.67. The van der Waals surface area contributed by atoms with Crippen molar-refractivity contribution in [1.29, 1.82) is 0 Å². The largest absolute Gasteiger partial charge is 0.298 e. The molecule has 4 rings (SSSR count). The van der Waals surface area contributed by atoms with Gasteiger partial charge in [-0.3, -0.25) is 19.8 Å². The molecule has 29 heavy (non-hydrogen) atoms. The number of hydrogen-bond acceptors (Lipinski definition) is 6. The Bertz CT molecular complexity index is 1160. The lowest BCUT2D eigenvalue weighted by Crippen LogP contribution is -2.22. The van der Waals surface area contributed by atoms with Crippen molar-refractivity contribution in [2.45, 2.75) is 6.92 Å². The van der Waals surface area contributed by atoms with Gasteiger partial charge in [-0.15, -0.1) is 11.3 Å². The lowest BCUT2D eigenvalue weighted by Gasteiger charge is -2.17. The normalized spacial score (nSPS) is 11.1. The Balaban J connectivity index is 1.47. The fraction of sp³-hybridized carbons (Fsp3) is 0.0476. The second kappa shape index (κ2) is 8.34. The van der Waals surface area contributed by atoms with Crippen molar-refractivity contribution in [2.75, 3.05) is 10.2 Å². The molecule has 0 saturated carbocycles. The number of para-hydroxylation sites is 2. The van der Waals surface area contributed by atoms with Gasteiger partial charge < -0.3 is 0 Å². The van der Waals surface area contributed by atoms with Gasteiger partial charge in [0.15, 0.2) is 10.3 Å². The first kappa shape index (κ1) is 19.0. The van der Waals surface area contributed by atoms with Crippen LogP contribution in [0.15, 0.2) is 66.1 Å². The number of nitrogens with one attached hydrogen (secondary N) is 1. The second-order valence-corrected chi connectivity index (χ2v) is 7.92. The average Bonchev–Trinajstić information content (AvgIpc) is 3.33. The molecule has 0 radical (unpaired) electrons. The molecule has 0 aliphatic rings. The Morgan fingerprint density at radius 2 is 1.79 bits per heavy atom. The Morgan fingerprint density at radius 1 is 1.03 bits per heavy atom. The molecular weight excluding hydrogens is 404 g/mol. The van der Waals surface area contributed by atoms with Crippen molar-refractivity contribution in [3.05, 3.63) is 71.7 Å². The molecule has 0 bridgehead atoms. The van der Waals surface area contributed by atoms with Gasteiger partial charge in [-0.25, -0.2) is 9.97 Å². The van der Waals surface area contributed by atoms with Crippen molar-refractivity contribution < 1.29 is 9.59 Å². The molecule has 0 unspecified atom stereocenters. The minimum atomic E-state index is -0.287. The summed E-state index contributed by atoms with van der Waals surface area (Å²) in [7, 11) is 0.